The Kier molecular flexibility index (Phi) is 5.78. The van der Waals surface area contributed by atoms with Crippen LogP contribution in [0.1, 0.15) is 15.9 Å². The number of anilines is 4. The molecule has 0 fully saturated rings. The Labute approximate surface area is 186 Å². The number of carbonyl (C=O) groups excluding carboxylic acids is 1. The van der Waals surface area contributed by atoms with Crippen molar-refractivity contribution in [2.45, 2.75) is 6.92 Å². The van der Waals surface area contributed by atoms with Gasteiger partial charge in [-0.2, -0.15) is 0 Å². The predicted molar refractivity (Wildman–Crippen MR) is 130 cm³/mol. The molecule has 0 radical (unpaired) electrons. The van der Waals surface area contributed by atoms with Gasteiger partial charge in [0.1, 0.15) is 5.82 Å². The molecule has 1 amide bonds. The molecule has 0 unspecified atom stereocenters. The van der Waals surface area contributed by atoms with Gasteiger partial charge in [-0.25, -0.2) is 4.98 Å². The predicted octanol–water partition coefficient (Wildman–Crippen LogP) is 6.26. The third-order valence-corrected chi connectivity index (χ3v) is 5.25. The van der Waals surface area contributed by atoms with Crippen molar-refractivity contribution in [3.8, 4) is 0 Å². The van der Waals surface area contributed by atoms with Crippen LogP contribution < -0.4 is 15.5 Å². The maximum atomic E-state index is 12.6. The van der Waals surface area contributed by atoms with Crippen LogP contribution in [0.25, 0.3) is 10.9 Å². The zero-order valence-electron chi connectivity index (χ0n) is 17.6. The van der Waals surface area contributed by atoms with Crippen LogP contribution in [0, 0.1) is 6.92 Å². The molecule has 4 aromatic rings. The lowest BCUT2D eigenvalue weighted by Gasteiger charge is -2.13. The first-order valence-electron chi connectivity index (χ1n) is 9.92. The fourth-order valence-corrected chi connectivity index (χ4v) is 3.55. The fraction of sp³-hybridized carbons (Fsp3) is 0.120. The molecule has 156 valence electrons. The van der Waals surface area contributed by atoms with Gasteiger partial charge in [-0.1, -0.05) is 17.7 Å². The highest BCUT2D eigenvalue weighted by Crippen LogP contribution is 2.26. The van der Waals surface area contributed by atoms with Crippen molar-refractivity contribution < 1.29 is 4.79 Å². The largest absolute Gasteiger partial charge is 0.378 e. The SMILES string of the molecule is Cc1cc(Nc2cccc(Cl)c2)nc2ccc(NC(=O)c3ccc(N(C)C)cc3)cc12. The number of rotatable bonds is 5. The maximum absolute atomic E-state index is 12.6. The lowest BCUT2D eigenvalue weighted by molar-refractivity contribution is 0.102. The molecule has 0 aliphatic carbocycles. The summed E-state index contributed by atoms with van der Waals surface area (Å²) >= 11 is 6.07. The van der Waals surface area contributed by atoms with Crippen LogP contribution in [0.5, 0.6) is 0 Å². The fourth-order valence-electron chi connectivity index (χ4n) is 3.36. The van der Waals surface area contributed by atoms with E-state index < -0.39 is 0 Å². The van der Waals surface area contributed by atoms with Crippen molar-refractivity contribution in [1.29, 1.82) is 0 Å². The zero-order chi connectivity index (χ0) is 22.0. The molecule has 5 nitrogen and oxygen atoms in total. The Morgan fingerprint density at radius 3 is 2.42 bits per heavy atom. The third-order valence-electron chi connectivity index (χ3n) is 5.02. The summed E-state index contributed by atoms with van der Waals surface area (Å²) < 4.78 is 0. The minimum Gasteiger partial charge on any atom is -0.378 e. The van der Waals surface area contributed by atoms with E-state index in [1.54, 1.807) is 0 Å². The van der Waals surface area contributed by atoms with Crippen molar-refractivity contribution in [2.24, 2.45) is 0 Å². The second-order valence-electron chi connectivity index (χ2n) is 7.59. The van der Waals surface area contributed by atoms with Gasteiger partial charge in [0, 0.05) is 47.1 Å². The summed E-state index contributed by atoms with van der Waals surface area (Å²) in [5.41, 5.74) is 5.17. The van der Waals surface area contributed by atoms with E-state index in [2.05, 4.69) is 10.6 Å². The summed E-state index contributed by atoms with van der Waals surface area (Å²) in [5.74, 6) is 0.597. The molecule has 6 heteroatoms. The average Bonchev–Trinajstić information content (AvgIpc) is 2.74. The van der Waals surface area contributed by atoms with Crippen molar-refractivity contribution in [1.82, 2.24) is 4.98 Å². The van der Waals surface area contributed by atoms with Gasteiger partial charge in [0.05, 0.1) is 5.52 Å². The van der Waals surface area contributed by atoms with Gasteiger partial charge in [-0.3, -0.25) is 4.79 Å². The Bertz CT molecular complexity index is 1250. The van der Waals surface area contributed by atoms with Gasteiger partial charge >= 0.3 is 0 Å². The van der Waals surface area contributed by atoms with Crippen LogP contribution >= 0.6 is 11.6 Å². The summed E-state index contributed by atoms with van der Waals surface area (Å²) in [5, 5.41) is 7.92. The van der Waals surface area contributed by atoms with E-state index in [0.29, 0.717) is 10.6 Å². The molecule has 0 saturated heterocycles. The Morgan fingerprint density at radius 2 is 1.71 bits per heavy atom. The molecule has 0 atom stereocenters. The highest BCUT2D eigenvalue weighted by molar-refractivity contribution is 6.30. The van der Waals surface area contributed by atoms with Crippen LogP contribution in [0.2, 0.25) is 5.02 Å². The monoisotopic (exact) mass is 430 g/mol. The number of hydrogen-bond acceptors (Lipinski definition) is 4. The number of hydrogen-bond donors (Lipinski definition) is 2. The Hall–Kier alpha value is -3.57. The van der Waals surface area contributed by atoms with Crippen LogP contribution in [0.4, 0.5) is 22.9 Å². The van der Waals surface area contributed by atoms with E-state index in [4.69, 9.17) is 16.6 Å². The van der Waals surface area contributed by atoms with E-state index in [1.165, 1.54) is 0 Å². The van der Waals surface area contributed by atoms with Gasteiger partial charge in [-0.15, -0.1) is 0 Å². The normalized spacial score (nSPS) is 10.7. The molecular weight excluding hydrogens is 408 g/mol. The highest BCUT2D eigenvalue weighted by atomic mass is 35.5. The second kappa shape index (κ2) is 8.66. The van der Waals surface area contributed by atoms with Crippen LogP contribution in [-0.2, 0) is 0 Å². The lowest BCUT2D eigenvalue weighted by Crippen LogP contribution is -2.13. The van der Waals surface area contributed by atoms with Gasteiger partial charge in [0.2, 0.25) is 0 Å². The molecule has 3 aromatic carbocycles. The summed E-state index contributed by atoms with van der Waals surface area (Å²) in [7, 11) is 3.94. The summed E-state index contributed by atoms with van der Waals surface area (Å²) in [6, 6.07) is 22.7. The Balaban J connectivity index is 1.55. The van der Waals surface area contributed by atoms with E-state index >= 15 is 0 Å². The molecule has 1 aromatic heterocycles. The molecule has 0 spiro atoms. The second-order valence-corrected chi connectivity index (χ2v) is 8.02. The Morgan fingerprint density at radius 1 is 0.935 bits per heavy atom. The number of nitrogens with one attached hydrogen (secondary N) is 2. The molecule has 0 aliphatic heterocycles. The number of nitrogens with zero attached hydrogens (tertiary/aromatic N) is 2. The number of pyridine rings is 1. The number of amides is 1. The van der Waals surface area contributed by atoms with E-state index in [-0.39, 0.29) is 5.91 Å². The number of carbonyl (C=O) groups is 1. The van der Waals surface area contributed by atoms with Crippen molar-refractivity contribution in [3.63, 3.8) is 0 Å². The van der Waals surface area contributed by atoms with E-state index in [0.717, 1.165) is 39.3 Å². The number of benzene rings is 3. The number of aromatic nitrogens is 1. The molecular formula is C25H23ClN4O. The zero-order valence-corrected chi connectivity index (χ0v) is 18.4. The minimum atomic E-state index is -0.144. The molecule has 0 bridgehead atoms. The smallest absolute Gasteiger partial charge is 0.255 e. The molecule has 2 N–H and O–H groups in total. The van der Waals surface area contributed by atoms with Gasteiger partial charge in [0.15, 0.2) is 0 Å². The summed E-state index contributed by atoms with van der Waals surface area (Å²) in [6.07, 6.45) is 0. The molecule has 0 aliphatic rings. The first-order chi connectivity index (χ1) is 14.9. The van der Waals surface area contributed by atoms with Crippen LogP contribution in [-0.4, -0.2) is 25.0 Å². The maximum Gasteiger partial charge on any atom is 0.255 e. The highest BCUT2D eigenvalue weighted by Gasteiger charge is 2.09. The van der Waals surface area contributed by atoms with E-state index in [1.807, 2.05) is 98.7 Å². The summed E-state index contributed by atoms with van der Waals surface area (Å²) in [4.78, 5) is 19.3. The van der Waals surface area contributed by atoms with Crippen LogP contribution in [0.3, 0.4) is 0 Å². The molecule has 4 rings (SSSR count). The first-order valence-corrected chi connectivity index (χ1v) is 10.3. The topological polar surface area (TPSA) is 57.3 Å². The third kappa shape index (κ3) is 4.78. The quantitative estimate of drug-likeness (QED) is 0.392. The lowest BCUT2D eigenvalue weighted by atomic mass is 10.1. The summed E-state index contributed by atoms with van der Waals surface area (Å²) in [6.45, 7) is 2.03. The van der Waals surface area contributed by atoms with Crippen molar-refractivity contribution in [2.75, 3.05) is 29.6 Å². The van der Waals surface area contributed by atoms with Gasteiger partial charge < -0.3 is 15.5 Å². The standard InChI is InChI=1S/C25H23ClN4O/c1-16-13-24(27-19-6-4-5-18(26)14-19)29-23-12-9-20(15-22(16)23)28-25(31)17-7-10-21(11-8-17)30(2)3/h4-15H,1-3H3,(H,27,29)(H,28,31). The molecule has 0 saturated carbocycles. The van der Waals surface area contributed by atoms with Crippen molar-refractivity contribution >= 4 is 51.3 Å². The molecule has 31 heavy (non-hydrogen) atoms. The van der Waals surface area contributed by atoms with Gasteiger partial charge in [-0.05, 0) is 79.2 Å². The molecule has 1 heterocycles. The first kappa shape index (κ1) is 20.7. The van der Waals surface area contributed by atoms with Gasteiger partial charge in [0.25, 0.3) is 5.91 Å². The van der Waals surface area contributed by atoms with Crippen molar-refractivity contribution in [3.05, 3.63) is 88.9 Å². The average molecular weight is 431 g/mol. The number of fused-ring (bicyclic) bond motifs is 1. The number of aryl methyl sites for hydroxylation is 1. The minimum absolute atomic E-state index is 0.144. The van der Waals surface area contributed by atoms with Crippen LogP contribution in [0.15, 0.2) is 72.8 Å². The van der Waals surface area contributed by atoms with E-state index in [9.17, 15) is 4.79 Å². The number of halogens is 1.